The smallest absolute Gasteiger partial charge is 0.328 e. The van der Waals surface area contributed by atoms with Crippen LogP contribution in [0.4, 0.5) is 18.0 Å². The van der Waals surface area contributed by atoms with E-state index in [1.54, 1.807) is 30.5 Å². The van der Waals surface area contributed by atoms with Crippen molar-refractivity contribution in [3.05, 3.63) is 69.2 Å². The van der Waals surface area contributed by atoms with Crippen LogP contribution in [-0.2, 0) is 17.5 Å². The molecule has 2 fully saturated rings. The third-order valence-electron chi connectivity index (χ3n) is 6.87. The maximum atomic E-state index is 13.5. The monoisotopic (exact) mass is 548 g/mol. The van der Waals surface area contributed by atoms with Crippen molar-refractivity contribution in [1.82, 2.24) is 14.7 Å². The molecule has 37 heavy (non-hydrogen) atoms. The molecule has 1 aromatic heterocycles. The zero-order valence-corrected chi connectivity index (χ0v) is 21.2. The lowest BCUT2D eigenvalue weighted by molar-refractivity contribution is -0.138. The van der Waals surface area contributed by atoms with E-state index in [1.807, 2.05) is 0 Å². The fourth-order valence-corrected chi connectivity index (χ4v) is 5.89. The van der Waals surface area contributed by atoms with Gasteiger partial charge in [-0.1, -0.05) is 23.7 Å². The molecule has 0 bridgehead atoms. The summed E-state index contributed by atoms with van der Waals surface area (Å²) in [5.74, 6) is -0.0311. The highest BCUT2D eigenvalue weighted by atomic mass is 35.5. The number of amides is 2. The second kappa shape index (κ2) is 10.2. The predicted molar refractivity (Wildman–Crippen MR) is 138 cm³/mol. The van der Waals surface area contributed by atoms with E-state index in [1.165, 1.54) is 21.7 Å². The van der Waals surface area contributed by atoms with Crippen molar-refractivity contribution in [2.24, 2.45) is 11.7 Å². The number of nitrogens with zero attached hydrogens (tertiary/aromatic N) is 3. The van der Waals surface area contributed by atoms with Gasteiger partial charge in [-0.05, 0) is 84.8 Å². The minimum absolute atomic E-state index is 0.0124. The van der Waals surface area contributed by atoms with Gasteiger partial charge in [-0.3, -0.25) is 19.2 Å². The van der Waals surface area contributed by atoms with Crippen LogP contribution in [0.5, 0.6) is 0 Å². The number of fused-ring (bicyclic) bond motifs is 1. The number of carbonyl (C=O) groups excluding carboxylic acids is 2. The van der Waals surface area contributed by atoms with E-state index >= 15 is 0 Å². The van der Waals surface area contributed by atoms with Crippen LogP contribution >= 0.6 is 23.4 Å². The molecule has 0 unspecified atom stereocenters. The number of thioether (sulfide) groups is 1. The van der Waals surface area contributed by atoms with Crippen molar-refractivity contribution < 1.29 is 22.8 Å². The van der Waals surface area contributed by atoms with Crippen molar-refractivity contribution in [3.63, 3.8) is 0 Å². The second-order valence-electron chi connectivity index (χ2n) is 9.49. The van der Waals surface area contributed by atoms with Crippen LogP contribution in [0.15, 0.2) is 47.5 Å². The SMILES string of the molecule is NC1CCC(CN2C(=O)S/C(=C\c3ccc4c(cnn4Cc4ccc(Cl)cc4C(F)(F)F)c3)C2=O)CC1. The Morgan fingerprint density at radius 3 is 2.59 bits per heavy atom. The fraction of sp³-hybridized carbons (Fsp3) is 0.346. The van der Waals surface area contributed by atoms with E-state index < -0.39 is 11.7 Å². The number of carbonyl (C=O) groups is 2. The maximum absolute atomic E-state index is 13.5. The lowest BCUT2D eigenvalue weighted by Crippen LogP contribution is -2.36. The topological polar surface area (TPSA) is 81.2 Å². The van der Waals surface area contributed by atoms with Gasteiger partial charge in [0, 0.05) is 23.0 Å². The minimum atomic E-state index is -4.54. The molecule has 0 atom stereocenters. The third kappa shape index (κ3) is 5.56. The molecular weight excluding hydrogens is 525 g/mol. The number of imide groups is 1. The summed E-state index contributed by atoms with van der Waals surface area (Å²) in [6.07, 6.45) is 2.31. The van der Waals surface area contributed by atoms with Gasteiger partial charge in [-0.25, -0.2) is 0 Å². The third-order valence-corrected chi connectivity index (χ3v) is 8.01. The van der Waals surface area contributed by atoms with Crippen molar-refractivity contribution in [3.8, 4) is 0 Å². The molecule has 2 heterocycles. The molecule has 2 amide bonds. The molecular formula is C26H24ClF3N4O2S. The van der Waals surface area contributed by atoms with Gasteiger partial charge in [0.1, 0.15) is 0 Å². The Balaban J connectivity index is 1.34. The van der Waals surface area contributed by atoms with Crippen LogP contribution in [0.1, 0.15) is 42.4 Å². The highest BCUT2D eigenvalue weighted by Crippen LogP contribution is 2.36. The molecule has 2 aromatic carbocycles. The standard InChI is InChI=1S/C26H24ClF3N4O2S/c27-19-5-4-17(21(11-19)26(28,29)30)14-34-22-8-3-16(9-18(22)12-32-34)10-23-24(35)33(25(36)37-23)13-15-1-6-20(31)7-2-15/h3-5,8-12,15,20H,1-2,6-7,13-14,31H2/b23-10-. The van der Waals surface area contributed by atoms with Gasteiger partial charge < -0.3 is 5.73 Å². The Morgan fingerprint density at radius 2 is 1.86 bits per heavy atom. The molecule has 0 spiro atoms. The lowest BCUT2D eigenvalue weighted by atomic mass is 9.86. The van der Waals surface area contributed by atoms with Gasteiger partial charge in [-0.15, -0.1) is 0 Å². The summed E-state index contributed by atoms with van der Waals surface area (Å²) in [7, 11) is 0. The van der Waals surface area contributed by atoms with Crippen molar-refractivity contribution in [2.45, 2.75) is 44.4 Å². The van der Waals surface area contributed by atoms with E-state index in [9.17, 15) is 22.8 Å². The molecule has 194 valence electrons. The molecule has 0 radical (unpaired) electrons. The van der Waals surface area contributed by atoms with Crippen molar-refractivity contribution in [2.75, 3.05) is 6.54 Å². The maximum Gasteiger partial charge on any atom is 0.416 e. The van der Waals surface area contributed by atoms with E-state index in [0.717, 1.165) is 43.5 Å². The Labute approximate surface area is 220 Å². The molecule has 1 aliphatic carbocycles. The number of rotatable bonds is 5. The number of hydrogen-bond acceptors (Lipinski definition) is 5. The summed E-state index contributed by atoms with van der Waals surface area (Å²) in [6, 6.07) is 9.18. The largest absolute Gasteiger partial charge is 0.416 e. The molecule has 1 saturated carbocycles. The first-order valence-electron chi connectivity index (χ1n) is 11.9. The molecule has 3 aromatic rings. The summed E-state index contributed by atoms with van der Waals surface area (Å²) >= 11 is 6.71. The molecule has 1 aliphatic heterocycles. The molecule has 2 aliphatic rings. The highest BCUT2D eigenvalue weighted by molar-refractivity contribution is 8.18. The van der Waals surface area contributed by atoms with Gasteiger partial charge >= 0.3 is 6.18 Å². The van der Waals surface area contributed by atoms with Crippen LogP contribution in [0.2, 0.25) is 5.02 Å². The molecule has 2 N–H and O–H groups in total. The molecule has 5 rings (SSSR count). The van der Waals surface area contributed by atoms with E-state index in [4.69, 9.17) is 17.3 Å². The number of nitrogens with two attached hydrogens (primary N) is 1. The lowest BCUT2D eigenvalue weighted by Gasteiger charge is -2.28. The Hall–Kier alpha value is -2.82. The van der Waals surface area contributed by atoms with E-state index in [2.05, 4.69) is 5.10 Å². The molecule has 1 saturated heterocycles. The Bertz CT molecular complexity index is 1400. The first kappa shape index (κ1) is 25.8. The van der Waals surface area contributed by atoms with Gasteiger partial charge in [0.25, 0.3) is 11.1 Å². The summed E-state index contributed by atoms with van der Waals surface area (Å²) < 4.78 is 42.0. The van der Waals surface area contributed by atoms with E-state index in [0.29, 0.717) is 27.9 Å². The summed E-state index contributed by atoms with van der Waals surface area (Å²) in [5, 5.41) is 4.71. The summed E-state index contributed by atoms with van der Waals surface area (Å²) in [5.41, 5.74) is 6.56. The molecule has 11 heteroatoms. The van der Waals surface area contributed by atoms with Gasteiger partial charge in [0.2, 0.25) is 0 Å². The minimum Gasteiger partial charge on any atom is -0.328 e. The van der Waals surface area contributed by atoms with Gasteiger partial charge in [0.15, 0.2) is 0 Å². The number of benzene rings is 2. The van der Waals surface area contributed by atoms with Crippen LogP contribution in [0.3, 0.4) is 0 Å². The Morgan fingerprint density at radius 1 is 1.11 bits per heavy atom. The first-order chi connectivity index (χ1) is 17.6. The van der Waals surface area contributed by atoms with Crippen LogP contribution in [-0.4, -0.2) is 38.4 Å². The van der Waals surface area contributed by atoms with Gasteiger partial charge in [-0.2, -0.15) is 18.3 Å². The zero-order chi connectivity index (χ0) is 26.3. The first-order valence-corrected chi connectivity index (χ1v) is 13.1. The second-order valence-corrected chi connectivity index (χ2v) is 10.9. The quantitative estimate of drug-likeness (QED) is 0.378. The van der Waals surface area contributed by atoms with Crippen LogP contribution in [0, 0.1) is 5.92 Å². The number of halogens is 4. The van der Waals surface area contributed by atoms with Gasteiger partial charge in [0.05, 0.1) is 28.7 Å². The predicted octanol–water partition coefficient (Wildman–Crippen LogP) is 6.31. The number of alkyl halides is 3. The average molecular weight is 549 g/mol. The number of aromatic nitrogens is 2. The average Bonchev–Trinajstić information content (AvgIpc) is 3.36. The fourth-order valence-electron chi connectivity index (χ4n) is 4.87. The van der Waals surface area contributed by atoms with Crippen LogP contribution in [0.25, 0.3) is 17.0 Å². The summed E-state index contributed by atoms with van der Waals surface area (Å²) in [6.45, 7) is 0.324. The molecule has 6 nitrogen and oxygen atoms in total. The highest BCUT2D eigenvalue weighted by Gasteiger charge is 2.37. The van der Waals surface area contributed by atoms with Crippen molar-refractivity contribution >= 4 is 51.5 Å². The normalized spacial score (nSPS) is 22.0. The Kier molecular flexibility index (Phi) is 7.08. The van der Waals surface area contributed by atoms with E-state index in [-0.39, 0.29) is 40.2 Å². The van der Waals surface area contributed by atoms with Crippen LogP contribution < -0.4 is 5.73 Å². The zero-order valence-electron chi connectivity index (χ0n) is 19.7. The number of hydrogen-bond donors (Lipinski definition) is 1. The van der Waals surface area contributed by atoms with Crippen molar-refractivity contribution in [1.29, 1.82) is 0 Å². The summed E-state index contributed by atoms with van der Waals surface area (Å²) in [4.78, 5) is 27.1.